The summed E-state index contributed by atoms with van der Waals surface area (Å²) in [5, 5.41) is 0.807. The summed E-state index contributed by atoms with van der Waals surface area (Å²) >= 11 is 11.7. The van der Waals surface area contributed by atoms with Gasteiger partial charge in [0, 0.05) is 23.9 Å². The first-order valence-electron chi connectivity index (χ1n) is 8.33. The van der Waals surface area contributed by atoms with Crippen molar-refractivity contribution in [2.75, 3.05) is 22.6 Å². The number of nitrogens with two attached hydrogens (primary N) is 2. The van der Waals surface area contributed by atoms with Crippen LogP contribution in [0.15, 0.2) is 36.4 Å². The van der Waals surface area contributed by atoms with Crippen molar-refractivity contribution in [3.63, 3.8) is 0 Å². The van der Waals surface area contributed by atoms with Crippen LogP contribution < -0.4 is 26.0 Å². The zero-order chi connectivity index (χ0) is 19.9. The SMILES string of the molecule is COc1cc(N2C(=O)C(C)(C)N(c3ccc(Cl)c(N)c3)C2=S)ccc1CN. The Morgan fingerprint density at radius 2 is 1.85 bits per heavy atom. The molecule has 1 aliphatic rings. The number of halogens is 1. The number of anilines is 3. The van der Waals surface area contributed by atoms with Gasteiger partial charge >= 0.3 is 0 Å². The average molecular weight is 405 g/mol. The van der Waals surface area contributed by atoms with Gasteiger partial charge in [0.25, 0.3) is 5.91 Å². The van der Waals surface area contributed by atoms with Crippen LogP contribution >= 0.6 is 23.8 Å². The first-order valence-corrected chi connectivity index (χ1v) is 9.11. The molecule has 1 aliphatic heterocycles. The quantitative estimate of drug-likeness (QED) is 0.600. The molecule has 6 nitrogen and oxygen atoms in total. The number of thiocarbonyl (C=S) groups is 1. The van der Waals surface area contributed by atoms with E-state index < -0.39 is 5.54 Å². The molecule has 3 rings (SSSR count). The molecule has 0 aromatic heterocycles. The number of hydrogen-bond acceptors (Lipinski definition) is 5. The highest BCUT2D eigenvalue weighted by atomic mass is 35.5. The van der Waals surface area contributed by atoms with Gasteiger partial charge in [-0.05, 0) is 50.3 Å². The van der Waals surface area contributed by atoms with Gasteiger partial charge < -0.3 is 21.1 Å². The van der Waals surface area contributed by atoms with Gasteiger partial charge in [0.15, 0.2) is 5.11 Å². The molecule has 0 aliphatic carbocycles. The van der Waals surface area contributed by atoms with Crippen molar-refractivity contribution in [2.24, 2.45) is 5.73 Å². The molecule has 0 spiro atoms. The van der Waals surface area contributed by atoms with Crippen molar-refractivity contribution in [1.82, 2.24) is 0 Å². The largest absolute Gasteiger partial charge is 0.496 e. The standard InChI is InChI=1S/C19H21ClN4O2S/c1-19(2)17(25)23(12-5-4-11(10-21)16(9-12)26-3)18(27)24(19)13-6-7-14(20)15(22)8-13/h4-9H,10,21-22H2,1-3H3. The van der Waals surface area contributed by atoms with Gasteiger partial charge in [0.05, 0.1) is 23.5 Å². The highest BCUT2D eigenvalue weighted by Gasteiger charge is 2.50. The van der Waals surface area contributed by atoms with Gasteiger partial charge in [-0.1, -0.05) is 17.7 Å². The minimum atomic E-state index is -0.892. The predicted molar refractivity (Wildman–Crippen MR) is 113 cm³/mol. The summed E-state index contributed by atoms with van der Waals surface area (Å²) in [5.41, 5.74) is 13.4. The predicted octanol–water partition coefficient (Wildman–Crippen LogP) is 3.31. The highest BCUT2D eigenvalue weighted by Crippen LogP contribution is 2.39. The number of carbonyl (C=O) groups excluding carboxylic acids is 1. The molecule has 0 saturated carbocycles. The lowest BCUT2D eigenvalue weighted by Crippen LogP contribution is -2.44. The molecule has 1 heterocycles. The Kier molecular flexibility index (Phi) is 5.03. The number of carbonyl (C=O) groups is 1. The van der Waals surface area contributed by atoms with E-state index in [1.54, 1.807) is 36.3 Å². The summed E-state index contributed by atoms with van der Waals surface area (Å²) in [6.45, 7) is 3.97. The zero-order valence-corrected chi connectivity index (χ0v) is 16.9. The van der Waals surface area contributed by atoms with Crippen LogP contribution in [0, 0.1) is 0 Å². The molecule has 1 fully saturated rings. The summed E-state index contributed by atoms with van der Waals surface area (Å²) in [4.78, 5) is 16.5. The lowest BCUT2D eigenvalue weighted by Gasteiger charge is -2.29. The van der Waals surface area contributed by atoms with E-state index in [0.717, 1.165) is 5.56 Å². The monoisotopic (exact) mass is 404 g/mol. The number of ether oxygens (including phenoxy) is 1. The molecule has 4 N–H and O–H groups in total. The second kappa shape index (κ2) is 6.99. The van der Waals surface area contributed by atoms with E-state index >= 15 is 0 Å². The minimum Gasteiger partial charge on any atom is -0.496 e. The lowest BCUT2D eigenvalue weighted by atomic mass is 10.0. The first-order chi connectivity index (χ1) is 12.7. The number of benzene rings is 2. The zero-order valence-electron chi connectivity index (χ0n) is 15.3. The maximum Gasteiger partial charge on any atom is 0.259 e. The van der Waals surface area contributed by atoms with Crippen LogP contribution in [0.3, 0.4) is 0 Å². The Hall–Kier alpha value is -2.35. The van der Waals surface area contributed by atoms with E-state index in [-0.39, 0.29) is 5.91 Å². The Morgan fingerprint density at radius 3 is 2.44 bits per heavy atom. The second-order valence-corrected chi connectivity index (χ2v) is 7.50. The van der Waals surface area contributed by atoms with E-state index in [0.29, 0.717) is 39.5 Å². The van der Waals surface area contributed by atoms with E-state index in [4.69, 9.17) is 40.0 Å². The third kappa shape index (κ3) is 3.12. The van der Waals surface area contributed by atoms with Crippen LogP contribution in [-0.4, -0.2) is 23.7 Å². The van der Waals surface area contributed by atoms with Crippen LogP contribution in [0.4, 0.5) is 17.1 Å². The maximum absolute atomic E-state index is 13.2. The number of nitrogen functional groups attached to an aromatic ring is 1. The Balaban J connectivity index is 2.08. The minimum absolute atomic E-state index is 0.149. The summed E-state index contributed by atoms with van der Waals surface area (Å²) < 4.78 is 5.39. The molecule has 0 unspecified atom stereocenters. The maximum atomic E-state index is 13.2. The topological polar surface area (TPSA) is 84.8 Å². The van der Waals surface area contributed by atoms with Crippen molar-refractivity contribution < 1.29 is 9.53 Å². The van der Waals surface area contributed by atoms with Crippen molar-refractivity contribution in [2.45, 2.75) is 25.9 Å². The van der Waals surface area contributed by atoms with Crippen molar-refractivity contribution in [3.8, 4) is 5.75 Å². The molecular weight excluding hydrogens is 384 g/mol. The molecule has 2 aromatic carbocycles. The van der Waals surface area contributed by atoms with Crippen LogP contribution in [-0.2, 0) is 11.3 Å². The first kappa shape index (κ1) is 19.4. The number of hydrogen-bond donors (Lipinski definition) is 2. The van der Waals surface area contributed by atoms with E-state index in [1.165, 1.54) is 4.90 Å². The van der Waals surface area contributed by atoms with E-state index in [9.17, 15) is 4.79 Å². The van der Waals surface area contributed by atoms with Gasteiger partial charge in [-0.2, -0.15) is 0 Å². The molecular formula is C19H21ClN4O2S. The van der Waals surface area contributed by atoms with Crippen LogP contribution in [0.25, 0.3) is 0 Å². The number of nitrogens with zero attached hydrogens (tertiary/aromatic N) is 2. The van der Waals surface area contributed by atoms with Crippen LogP contribution in [0.5, 0.6) is 5.75 Å². The third-order valence-electron chi connectivity index (χ3n) is 4.65. The van der Waals surface area contributed by atoms with E-state index in [1.807, 2.05) is 26.0 Å². The van der Waals surface area contributed by atoms with Gasteiger partial charge in [-0.25, -0.2) is 0 Å². The van der Waals surface area contributed by atoms with Crippen LogP contribution in [0.2, 0.25) is 5.02 Å². The van der Waals surface area contributed by atoms with Crippen molar-refractivity contribution in [3.05, 3.63) is 47.0 Å². The highest BCUT2D eigenvalue weighted by molar-refractivity contribution is 7.81. The molecule has 2 aromatic rings. The summed E-state index contributed by atoms with van der Waals surface area (Å²) in [6, 6.07) is 10.6. The molecule has 142 valence electrons. The third-order valence-corrected chi connectivity index (χ3v) is 5.36. The summed E-state index contributed by atoms with van der Waals surface area (Å²) in [5.74, 6) is 0.459. The average Bonchev–Trinajstić information content (AvgIpc) is 2.81. The Labute approximate surface area is 168 Å². The second-order valence-electron chi connectivity index (χ2n) is 6.72. The fraction of sp³-hybridized carbons (Fsp3) is 0.263. The molecule has 0 radical (unpaired) electrons. The van der Waals surface area contributed by atoms with Gasteiger partial charge in [-0.15, -0.1) is 0 Å². The molecule has 1 saturated heterocycles. The van der Waals surface area contributed by atoms with Crippen molar-refractivity contribution in [1.29, 1.82) is 0 Å². The molecule has 8 heteroatoms. The fourth-order valence-electron chi connectivity index (χ4n) is 3.17. The smallest absolute Gasteiger partial charge is 0.259 e. The summed E-state index contributed by atoms with van der Waals surface area (Å²) in [7, 11) is 1.56. The fourth-order valence-corrected chi connectivity index (χ4v) is 3.81. The molecule has 0 atom stereocenters. The lowest BCUT2D eigenvalue weighted by molar-refractivity contribution is -0.120. The molecule has 27 heavy (non-hydrogen) atoms. The number of methoxy groups -OCH3 is 1. The normalized spacial score (nSPS) is 16.2. The van der Waals surface area contributed by atoms with Crippen molar-refractivity contribution >= 4 is 51.9 Å². The van der Waals surface area contributed by atoms with Gasteiger partial charge in [0.2, 0.25) is 0 Å². The molecule has 1 amide bonds. The summed E-state index contributed by atoms with van der Waals surface area (Å²) in [6.07, 6.45) is 0. The van der Waals surface area contributed by atoms with E-state index in [2.05, 4.69) is 0 Å². The Morgan fingerprint density at radius 1 is 1.19 bits per heavy atom. The number of rotatable bonds is 4. The van der Waals surface area contributed by atoms with Crippen LogP contribution in [0.1, 0.15) is 19.4 Å². The molecule has 0 bridgehead atoms. The van der Waals surface area contributed by atoms with Gasteiger partial charge in [-0.3, -0.25) is 9.69 Å². The number of amides is 1. The Bertz CT molecular complexity index is 932. The van der Waals surface area contributed by atoms with Gasteiger partial charge in [0.1, 0.15) is 11.3 Å².